The Morgan fingerprint density at radius 2 is 1.03 bits per heavy atom. The van der Waals surface area contributed by atoms with Gasteiger partial charge in [-0.25, -0.2) is 10.8 Å². The minimum atomic E-state index is -0.663. The summed E-state index contributed by atoms with van der Waals surface area (Å²) >= 11 is 0. The van der Waals surface area contributed by atoms with Crippen LogP contribution in [-0.2, 0) is 5.54 Å². The Bertz CT molecular complexity index is 1100. The fourth-order valence-corrected chi connectivity index (χ4v) is 4.44. The summed E-state index contributed by atoms with van der Waals surface area (Å²) in [5, 5.41) is 1.84. The number of nitrogens with two attached hydrogens (primary N) is 1. The number of hydrogen-bond acceptors (Lipinski definition) is 3. The Labute approximate surface area is 177 Å². The molecule has 4 aromatic carbocycles. The lowest BCUT2D eigenvalue weighted by molar-refractivity contribution is 0.268. The predicted molar refractivity (Wildman–Crippen MR) is 122 cm³/mol. The lowest BCUT2D eigenvalue weighted by Gasteiger charge is -2.37. The third-order valence-corrected chi connectivity index (χ3v) is 5.78. The van der Waals surface area contributed by atoms with Crippen molar-refractivity contribution in [2.75, 3.05) is 0 Å². The van der Waals surface area contributed by atoms with E-state index < -0.39 is 5.54 Å². The number of hydrazine groups is 1. The second-order valence-electron chi connectivity index (χ2n) is 7.52. The molecule has 2 N–H and O–H groups in total. The fourth-order valence-electron chi connectivity index (χ4n) is 4.44. The topological polar surface area (TPSA) is 41.6 Å². The van der Waals surface area contributed by atoms with Crippen molar-refractivity contribution in [1.82, 2.24) is 5.01 Å². The number of hydrogen-bond donors (Lipinski definition) is 1. The van der Waals surface area contributed by atoms with Crippen LogP contribution < -0.4 is 5.84 Å². The van der Waals surface area contributed by atoms with Crippen molar-refractivity contribution in [3.05, 3.63) is 144 Å². The summed E-state index contributed by atoms with van der Waals surface area (Å²) in [6.07, 6.45) is 0. The van der Waals surface area contributed by atoms with E-state index in [0.717, 1.165) is 28.1 Å². The van der Waals surface area contributed by atoms with Crippen LogP contribution in [0.3, 0.4) is 0 Å². The molecule has 4 aromatic rings. The number of rotatable bonds is 4. The summed E-state index contributed by atoms with van der Waals surface area (Å²) in [4.78, 5) is 5.39. The first-order valence-corrected chi connectivity index (χ1v) is 10.2. The van der Waals surface area contributed by atoms with Gasteiger partial charge in [-0.3, -0.25) is 5.01 Å². The van der Waals surface area contributed by atoms with Crippen molar-refractivity contribution >= 4 is 5.84 Å². The van der Waals surface area contributed by atoms with Crippen molar-refractivity contribution in [1.29, 1.82) is 0 Å². The van der Waals surface area contributed by atoms with Crippen LogP contribution in [0.25, 0.3) is 0 Å². The van der Waals surface area contributed by atoms with E-state index in [1.807, 2.05) is 41.4 Å². The van der Waals surface area contributed by atoms with E-state index >= 15 is 0 Å². The molecule has 0 amide bonds. The molecule has 1 atom stereocenters. The van der Waals surface area contributed by atoms with Crippen LogP contribution in [0.5, 0.6) is 0 Å². The zero-order valence-electron chi connectivity index (χ0n) is 16.6. The first kappa shape index (κ1) is 18.3. The van der Waals surface area contributed by atoms with Gasteiger partial charge in [0.25, 0.3) is 0 Å². The number of amidine groups is 1. The molecule has 1 heterocycles. The smallest absolute Gasteiger partial charge is 0.147 e. The van der Waals surface area contributed by atoms with Gasteiger partial charge in [-0.15, -0.1) is 0 Å². The summed E-state index contributed by atoms with van der Waals surface area (Å²) in [5.41, 5.74) is 3.71. The highest BCUT2D eigenvalue weighted by Crippen LogP contribution is 2.51. The largest absolute Gasteiger partial charge is 0.284 e. The van der Waals surface area contributed by atoms with Gasteiger partial charge in [0.05, 0.1) is 0 Å². The monoisotopic (exact) mass is 389 g/mol. The lowest BCUT2D eigenvalue weighted by Crippen LogP contribution is -2.43. The molecule has 0 aromatic heterocycles. The summed E-state index contributed by atoms with van der Waals surface area (Å²) in [5.74, 6) is 7.63. The van der Waals surface area contributed by atoms with E-state index in [0.29, 0.717) is 0 Å². The molecular weight excluding hydrogens is 366 g/mol. The molecule has 3 nitrogen and oxygen atoms in total. The molecule has 1 aliphatic rings. The van der Waals surface area contributed by atoms with Crippen molar-refractivity contribution in [2.24, 2.45) is 10.8 Å². The zero-order chi connectivity index (χ0) is 20.4. The normalized spacial score (nSPS) is 17.6. The van der Waals surface area contributed by atoms with Crippen LogP contribution in [0.4, 0.5) is 0 Å². The van der Waals surface area contributed by atoms with Gasteiger partial charge in [0, 0.05) is 5.56 Å². The van der Waals surface area contributed by atoms with Gasteiger partial charge in [-0.05, 0) is 16.7 Å². The Balaban J connectivity index is 1.83. The molecule has 1 unspecified atom stereocenters. The average Bonchev–Trinajstić information content (AvgIpc) is 3.15. The van der Waals surface area contributed by atoms with Gasteiger partial charge in [0.15, 0.2) is 0 Å². The molecule has 1 aliphatic heterocycles. The van der Waals surface area contributed by atoms with Gasteiger partial charge >= 0.3 is 0 Å². The molecular formula is C27H23N3. The van der Waals surface area contributed by atoms with Crippen LogP contribution in [0, 0.1) is 0 Å². The Hall–Kier alpha value is -3.69. The maximum atomic E-state index is 6.84. The minimum Gasteiger partial charge on any atom is -0.284 e. The third kappa shape index (κ3) is 2.92. The minimum absolute atomic E-state index is 0.182. The van der Waals surface area contributed by atoms with Crippen LogP contribution in [0.1, 0.15) is 28.3 Å². The van der Waals surface area contributed by atoms with Crippen molar-refractivity contribution < 1.29 is 0 Å². The highest BCUT2D eigenvalue weighted by molar-refractivity contribution is 6.01. The third-order valence-electron chi connectivity index (χ3n) is 5.78. The molecule has 5 rings (SSSR count). The molecule has 3 heteroatoms. The Kier molecular flexibility index (Phi) is 4.66. The summed E-state index contributed by atoms with van der Waals surface area (Å²) in [6, 6.07) is 41.4. The van der Waals surface area contributed by atoms with Crippen molar-refractivity contribution in [2.45, 2.75) is 11.6 Å². The Morgan fingerprint density at radius 3 is 1.53 bits per heavy atom. The van der Waals surface area contributed by atoms with Gasteiger partial charge in [0.1, 0.15) is 17.4 Å². The zero-order valence-corrected chi connectivity index (χ0v) is 16.6. The van der Waals surface area contributed by atoms with E-state index in [4.69, 9.17) is 10.8 Å². The Morgan fingerprint density at radius 1 is 0.600 bits per heavy atom. The molecule has 0 saturated heterocycles. The maximum absolute atomic E-state index is 6.84. The van der Waals surface area contributed by atoms with E-state index in [1.165, 1.54) is 0 Å². The number of nitrogens with zero attached hydrogens (tertiary/aromatic N) is 2. The van der Waals surface area contributed by atoms with Crippen LogP contribution in [0.2, 0.25) is 0 Å². The molecule has 0 fully saturated rings. The quantitative estimate of drug-likeness (QED) is 0.481. The van der Waals surface area contributed by atoms with Gasteiger partial charge in [0.2, 0.25) is 0 Å². The summed E-state index contributed by atoms with van der Waals surface area (Å²) < 4.78 is 0. The van der Waals surface area contributed by atoms with Gasteiger partial charge in [-0.2, -0.15) is 0 Å². The molecule has 0 radical (unpaired) electrons. The number of aliphatic imine (C=N–C) groups is 1. The molecule has 0 spiro atoms. The average molecular weight is 390 g/mol. The second kappa shape index (κ2) is 7.62. The standard InChI is InChI=1S/C27H23N3/c28-30-25(21-13-5-1-6-14-21)27(23-17-9-3-10-18-23,24-19-11-4-12-20-24)29-26(30)22-15-7-2-8-16-22/h1-20,25H,28H2. The second-order valence-corrected chi connectivity index (χ2v) is 7.52. The molecule has 30 heavy (non-hydrogen) atoms. The van der Waals surface area contributed by atoms with Crippen LogP contribution >= 0.6 is 0 Å². The predicted octanol–water partition coefficient (Wildman–Crippen LogP) is 5.31. The first-order valence-electron chi connectivity index (χ1n) is 10.2. The SMILES string of the molecule is NN1C(c2ccccc2)=NC(c2ccccc2)(c2ccccc2)C1c1ccccc1. The van der Waals surface area contributed by atoms with E-state index in [2.05, 4.69) is 84.9 Å². The van der Waals surface area contributed by atoms with Crippen molar-refractivity contribution in [3.8, 4) is 0 Å². The highest BCUT2D eigenvalue weighted by Gasteiger charge is 2.51. The molecule has 0 bridgehead atoms. The fraction of sp³-hybridized carbons (Fsp3) is 0.0741. The lowest BCUT2D eigenvalue weighted by atomic mass is 9.75. The van der Waals surface area contributed by atoms with E-state index in [9.17, 15) is 0 Å². The molecule has 146 valence electrons. The van der Waals surface area contributed by atoms with E-state index in [1.54, 1.807) is 0 Å². The highest BCUT2D eigenvalue weighted by atomic mass is 15.5. The van der Waals surface area contributed by atoms with Crippen LogP contribution in [-0.4, -0.2) is 10.8 Å². The van der Waals surface area contributed by atoms with Gasteiger partial charge in [-0.1, -0.05) is 121 Å². The maximum Gasteiger partial charge on any atom is 0.147 e. The molecule has 0 aliphatic carbocycles. The molecule has 0 saturated carbocycles. The van der Waals surface area contributed by atoms with Gasteiger partial charge < -0.3 is 0 Å². The number of benzene rings is 4. The summed E-state index contributed by atoms with van der Waals surface area (Å²) in [6.45, 7) is 0. The van der Waals surface area contributed by atoms with Crippen LogP contribution in [0.15, 0.2) is 126 Å². The van der Waals surface area contributed by atoms with Crippen molar-refractivity contribution in [3.63, 3.8) is 0 Å². The summed E-state index contributed by atoms with van der Waals surface area (Å²) in [7, 11) is 0. The first-order chi connectivity index (χ1) is 14.8. The van der Waals surface area contributed by atoms with E-state index in [-0.39, 0.29) is 6.04 Å².